The first-order valence-corrected chi connectivity index (χ1v) is 9.47. The molecule has 0 spiro atoms. The van der Waals surface area contributed by atoms with Crippen LogP contribution in [0, 0.1) is 13.8 Å². The van der Waals surface area contributed by atoms with Gasteiger partial charge in [-0.25, -0.2) is 9.97 Å². The van der Waals surface area contributed by atoms with Crippen LogP contribution in [0.25, 0.3) is 33.8 Å². The molecular weight excluding hydrogens is 350 g/mol. The van der Waals surface area contributed by atoms with Crippen LogP contribution in [0.15, 0.2) is 42.5 Å². The summed E-state index contributed by atoms with van der Waals surface area (Å²) in [4.78, 5) is 28.3. The maximum atomic E-state index is 12.2. The molecule has 28 heavy (non-hydrogen) atoms. The molecule has 3 N–H and O–H groups in total. The van der Waals surface area contributed by atoms with Gasteiger partial charge in [-0.1, -0.05) is 31.2 Å². The lowest BCUT2D eigenvalue weighted by Gasteiger charge is -2.04. The highest BCUT2D eigenvalue weighted by molar-refractivity contribution is 5.97. The zero-order chi connectivity index (χ0) is 19.7. The number of carbonyl (C=O) groups excluding carboxylic acids is 1. The summed E-state index contributed by atoms with van der Waals surface area (Å²) in [5.41, 5.74) is 6.27. The molecule has 6 nitrogen and oxygen atoms in total. The number of benzene rings is 2. The van der Waals surface area contributed by atoms with Crippen molar-refractivity contribution in [2.75, 3.05) is 6.54 Å². The Hall–Kier alpha value is -3.41. The first-order valence-electron chi connectivity index (χ1n) is 9.47. The van der Waals surface area contributed by atoms with Gasteiger partial charge >= 0.3 is 0 Å². The minimum Gasteiger partial charge on any atom is -0.352 e. The number of aromatic nitrogens is 4. The minimum atomic E-state index is -0.0677. The number of carbonyl (C=O) groups is 1. The van der Waals surface area contributed by atoms with E-state index in [1.165, 1.54) is 0 Å². The molecule has 0 atom stereocenters. The highest BCUT2D eigenvalue weighted by Gasteiger charge is 2.15. The predicted molar refractivity (Wildman–Crippen MR) is 111 cm³/mol. The first kappa shape index (κ1) is 18.0. The van der Waals surface area contributed by atoms with Gasteiger partial charge in [0.2, 0.25) is 0 Å². The lowest BCUT2D eigenvalue weighted by atomic mass is 10.1. The summed E-state index contributed by atoms with van der Waals surface area (Å²) in [5.74, 6) is 1.51. The first-order chi connectivity index (χ1) is 13.6. The number of hydrogen-bond donors (Lipinski definition) is 3. The molecule has 4 rings (SSSR count). The molecule has 0 fully saturated rings. The van der Waals surface area contributed by atoms with Crippen LogP contribution in [0.3, 0.4) is 0 Å². The number of fused-ring (bicyclic) bond motifs is 1. The van der Waals surface area contributed by atoms with Crippen molar-refractivity contribution in [3.8, 4) is 22.8 Å². The number of hydrogen-bond acceptors (Lipinski definition) is 3. The van der Waals surface area contributed by atoms with Gasteiger partial charge in [0.05, 0.1) is 16.7 Å². The van der Waals surface area contributed by atoms with Gasteiger partial charge in [-0.3, -0.25) is 4.79 Å². The normalized spacial score (nSPS) is 11.1. The second-order valence-electron chi connectivity index (χ2n) is 6.91. The van der Waals surface area contributed by atoms with Gasteiger partial charge in [0, 0.05) is 28.9 Å². The van der Waals surface area contributed by atoms with E-state index in [1.807, 2.05) is 63.2 Å². The minimum absolute atomic E-state index is 0.0677. The molecule has 6 heteroatoms. The second kappa shape index (κ2) is 7.31. The Morgan fingerprint density at radius 2 is 1.71 bits per heavy atom. The van der Waals surface area contributed by atoms with Crippen molar-refractivity contribution in [1.82, 2.24) is 25.3 Å². The Morgan fingerprint density at radius 1 is 1.00 bits per heavy atom. The molecule has 0 bridgehead atoms. The number of H-pyrrole nitrogens is 2. The predicted octanol–water partition coefficient (Wildman–Crippen LogP) is 4.38. The van der Waals surface area contributed by atoms with Gasteiger partial charge in [-0.15, -0.1) is 0 Å². The molecule has 0 aliphatic carbocycles. The molecule has 0 aliphatic rings. The fourth-order valence-electron chi connectivity index (χ4n) is 3.19. The average molecular weight is 373 g/mol. The van der Waals surface area contributed by atoms with Crippen LogP contribution in [0.2, 0.25) is 0 Å². The monoisotopic (exact) mass is 373 g/mol. The molecule has 0 saturated heterocycles. The Bertz CT molecular complexity index is 1140. The van der Waals surface area contributed by atoms with Crippen LogP contribution < -0.4 is 5.32 Å². The van der Waals surface area contributed by atoms with Gasteiger partial charge in [-0.05, 0) is 38.5 Å². The third-order valence-corrected chi connectivity index (χ3v) is 4.85. The van der Waals surface area contributed by atoms with Crippen molar-refractivity contribution in [3.63, 3.8) is 0 Å². The topological polar surface area (TPSA) is 86.5 Å². The van der Waals surface area contributed by atoms with E-state index in [-0.39, 0.29) is 5.91 Å². The van der Waals surface area contributed by atoms with E-state index >= 15 is 0 Å². The van der Waals surface area contributed by atoms with Gasteiger partial charge in [0.1, 0.15) is 11.6 Å². The number of nitrogens with one attached hydrogen (secondary N) is 3. The number of imidazole rings is 2. The molecule has 0 radical (unpaired) electrons. The zero-order valence-electron chi connectivity index (χ0n) is 16.3. The highest BCUT2D eigenvalue weighted by Crippen LogP contribution is 2.30. The Balaban J connectivity index is 1.75. The van der Waals surface area contributed by atoms with Crippen LogP contribution in [-0.4, -0.2) is 32.4 Å². The summed E-state index contributed by atoms with van der Waals surface area (Å²) in [6.07, 6.45) is 0.907. The SMILES string of the molecule is CCCNC(=O)c1ccc2nc(-c3ccccc3-c3nc(C)c(C)[nH]3)[nH]c2c1. The van der Waals surface area contributed by atoms with Crippen molar-refractivity contribution in [3.05, 3.63) is 59.4 Å². The van der Waals surface area contributed by atoms with Crippen molar-refractivity contribution >= 4 is 16.9 Å². The molecule has 0 aliphatic heterocycles. The van der Waals surface area contributed by atoms with Crippen molar-refractivity contribution in [2.24, 2.45) is 0 Å². The number of aromatic amines is 2. The number of amides is 1. The molecule has 2 aromatic carbocycles. The average Bonchev–Trinajstić information content (AvgIpc) is 3.28. The summed E-state index contributed by atoms with van der Waals surface area (Å²) >= 11 is 0. The van der Waals surface area contributed by atoms with E-state index in [2.05, 4.69) is 20.3 Å². The highest BCUT2D eigenvalue weighted by atomic mass is 16.1. The molecule has 0 saturated carbocycles. The molecule has 142 valence electrons. The Kier molecular flexibility index (Phi) is 4.69. The quantitative estimate of drug-likeness (QED) is 0.485. The molecule has 4 aromatic rings. The maximum absolute atomic E-state index is 12.2. The third kappa shape index (κ3) is 3.29. The van der Waals surface area contributed by atoms with E-state index in [4.69, 9.17) is 4.98 Å². The lowest BCUT2D eigenvalue weighted by molar-refractivity contribution is 0.0954. The molecular formula is C22H23N5O. The van der Waals surface area contributed by atoms with Gasteiger partial charge in [0.15, 0.2) is 0 Å². The molecule has 0 unspecified atom stereocenters. The van der Waals surface area contributed by atoms with E-state index < -0.39 is 0 Å². The third-order valence-electron chi connectivity index (χ3n) is 4.85. The van der Waals surface area contributed by atoms with Crippen LogP contribution in [0.1, 0.15) is 35.1 Å². The van der Waals surface area contributed by atoms with Crippen LogP contribution in [0.4, 0.5) is 0 Å². The summed E-state index contributed by atoms with van der Waals surface area (Å²) in [5, 5.41) is 2.90. The lowest BCUT2D eigenvalue weighted by Crippen LogP contribution is -2.23. The smallest absolute Gasteiger partial charge is 0.251 e. The van der Waals surface area contributed by atoms with Crippen molar-refractivity contribution in [2.45, 2.75) is 27.2 Å². The summed E-state index contributed by atoms with van der Waals surface area (Å²) in [6, 6.07) is 13.6. The molecule has 2 heterocycles. The second-order valence-corrected chi connectivity index (χ2v) is 6.91. The largest absolute Gasteiger partial charge is 0.352 e. The fraction of sp³-hybridized carbons (Fsp3) is 0.227. The van der Waals surface area contributed by atoms with Crippen LogP contribution >= 0.6 is 0 Å². The van der Waals surface area contributed by atoms with Crippen molar-refractivity contribution in [1.29, 1.82) is 0 Å². The van der Waals surface area contributed by atoms with Gasteiger partial charge < -0.3 is 15.3 Å². The standard InChI is InChI=1S/C22H23N5O/c1-4-11-23-22(28)15-9-10-18-19(12-15)27-21(26-18)17-8-6-5-7-16(17)20-24-13(2)14(3)25-20/h5-10,12H,4,11H2,1-3H3,(H,23,28)(H,24,25)(H,26,27). The fourth-order valence-corrected chi connectivity index (χ4v) is 3.19. The van der Waals surface area contributed by atoms with Crippen LogP contribution in [0.5, 0.6) is 0 Å². The van der Waals surface area contributed by atoms with E-state index in [1.54, 1.807) is 0 Å². The number of nitrogens with zero attached hydrogens (tertiary/aromatic N) is 2. The molecule has 1 amide bonds. The summed E-state index contributed by atoms with van der Waals surface area (Å²) < 4.78 is 0. The maximum Gasteiger partial charge on any atom is 0.251 e. The summed E-state index contributed by atoms with van der Waals surface area (Å²) in [6.45, 7) is 6.70. The number of aryl methyl sites for hydroxylation is 2. The number of rotatable bonds is 5. The Morgan fingerprint density at radius 3 is 2.36 bits per heavy atom. The van der Waals surface area contributed by atoms with Gasteiger partial charge in [0.25, 0.3) is 5.91 Å². The van der Waals surface area contributed by atoms with Gasteiger partial charge in [-0.2, -0.15) is 0 Å². The van der Waals surface area contributed by atoms with E-state index in [9.17, 15) is 4.79 Å². The zero-order valence-corrected chi connectivity index (χ0v) is 16.3. The van der Waals surface area contributed by atoms with E-state index in [0.29, 0.717) is 12.1 Å². The summed E-state index contributed by atoms with van der Waals surface area (Å²) in [7, 11) is 0. The van der Waals surface area contributed by atoms with E-state index in [0.717, 1.165) is 51.6 Å². The van der Waals surface area contributed by atoms with Crippen LogP contribution in [-0.2, 0) is 0 Å². The Labute approximate surface area is 163 Å². The van der Waals surface area contributed by atoms with Crippen molar-refractivity contribution < 1.29 is 4.79 Å². The molecule has 2 aromatic heterocycles.